The van der Waals surface area contributed by atoms with Gasteiger partial charge < -0.3 is 10.6 Å². The smallest absolute Gasteiger partial charge is 0.321 e. The zero-order valence-electron chi connectivity index (χ0n) is 14.3. The Hall–Kier alpha value is -2.12. The molecule has 0 radical (unpaired) electrons. The molecular formula is C18H21ClN4O2S. The highest BCUT2D eigenvalue weighted by molar-refractivity contribution is 7.13. The second-order valence-corrected chi connectivity index (χ2v) is 7.53. The molecule has 3 N–H and O–H groups in total. The van der Waals surface area contributed by atoms with Crippen LogP contribution in [0.2, 0.25) is 5.02 Å². The van der Waals surface area contributed by atoms with Gasteiger partial charge >= 0.3 is 6.03 Å². The molecule has 1 aliphatic carbocycles. The molecule has 1 aromatic heterocycles. The lowest BCUT2D eigenvalue weighted by molar-refractivity contribution is -0.120. The number of anilines is 1. The molecule has 0 saturated heterocycles. The van der Waals surface area contributed by atoms with Gasteiger partial charge in [-0.15, -0.1) is 11.3 Å². The van der Waals surface area contributed by atoms with Crippen molar-refractivity contribution in [3.63, 3.8) is 0 Å². The topological polar surface area (TPSA) is 83.1 Å². The first kappa shape index (κ1) is 18.7. The monoisotopic (exact) mass is 392 g/mol. The number of nitrogens with zero attached hydrogens (tertiary/aromatic N) is 1. The molecule has 1 aromatic carbocycles. The summed E-state index contributed by atoms with van der Waals surface area (Å²) in [5.41, 5.74) is 1.49. The minimum Gasteiger partial charge on any atom is -0.352 e. The minimum atomic E-state index is -0.235. The molecule has 3 rings (SSSR count). The zero-order chi connectivity index (χ0) is 18.4. The van der Waals surface area contributed by atoms with Crippen molar-refractivity contribution in [1.29, 1.82) is 0 Å². The summed E-state index contributed by atoms with van der Waals surface area (Å²) in [6, 6.07) is 7.41. The molecule has 0 bridgehead atoms. The Morgan fingerprint density at radius 3 is 2.77 bits per heavy atom. The normalized spacial score (nSPS) is 14.2. The van der Waals surface area contributed by atoms with Crippen molar-refractivity contribution in [3.05, 3.63) is 45.9 Å². The number of hydrogen-bond donors (Lipinski definition) is 3. The van der Waals surface area contributed by atoms with Gasteiger partial charge in [0.05, 0.1) is 12.1 Å². The average molecular weight is 393 g/mol. The second kappa shape index (κ2) is 9.00. The Morgan fingerprint density at radius 2 is 2.00 bits per heavy atom. The van der Waals surface area contributed by atoms with Crippen LogP contribution in [-0.4, -0.2) is 23.0 Å². The lowest BCUT2D eigenvalue weighted by atomic mass is 10.2. The van der Waals surface area contributed by atoms with Gasteiger partial charge in [0.2, 0.25) is 5.91 Å². The summed E-state index contributed by atoms with van der Waals surface area (Å²) in [6.07, 6.45) is 4.54. The van der Waals surface area contributed by atoms with Crippen molar-refractivity contribution in [2.24, 2.45) is 0 Å². The third-order valence-corrected chi connectivity index (χ3v) is 5.41. The highest BCUT2D eigenvalue weighted by Gasteiger charge is 2.17. The van der Waals surface area contributed by atoms with Crippen LogP contribution in [-0.2, 0) is 17.8 Å². The van der Waals surface area contributed by atoms with Gasteiger partial charge in [-0.2, -0.15) is 0 Å². The van der Waals surface area contributed by atoms with Gasteiger partial charge in [-0.05, 0) is 24.5 Å². The highest BCUT2D eigenvalue weighted by atomic mass is 35.5. The maximum absolute atomic E-state index is 12.1. The summed E-state index contributed by atoms with van der Waals surface area (Å²) in [5, 5.41) is 11.4. The van der Waals surface area contributed by atoms with Crippen molar-refractivity contribution in [1.82, 2.24) is 15.6 Å². The summed E-state index contributed by atoms with van der Waals surface area (Å²) in [7, 11) is 0. The number of hydrogen-bond acceptors (Lipinski definition) is 4. The molecule has 0 spiro atoms. The number of amides is 3. The van der Waals surface area contributed by atoms with E-state index in [0.29, 0.717) is 22.4 Å². The molecule has 3 amide bonds. The Labute approximate surface area is 161 Å². The third-order valence-electron chi connectivity index (χ3n) is 4.24. The first-order chi connectivity index (χ1) is 12.6. The number of halogens is 1. The average Bonchev–Trinajstić information content (AvgIpc) is 3.26. The Kier molecular flexibility index (Phi) is 6.46. The Morgan fingerprint density at radius 1 is 1.23 bits per heavy atom. The number of urea groups is 1. The van der Waals surface area contributed by atoms with E-state index in [0.717, 1.165) is 31.2 Å². The summed E-state index contributed by atoms with van der Waals surface area (Å²) in [5.74, 6) is -0.142. The SMILES string of the molecule is O=C(Cc1csc(NC(=O)NC2CCCC2)n1)NCc1ccccc1Cl. The minimum absolute atomic E-state index is 0.142. The maximum atomic E-state index is 12.1. The quantitative estimate of drug-likeness (QED) is 0.700. The van der Waals surface area contributed by atoms with Gasteiger partial charge in [-0.25, -0.2) is 9.78 Å². The fraction of sp³-hybridized carbons (Fsp3) is 0.389. The van der Waals surface area contributed by atoms with E-state index in [9.17, 15) is 9.59 Å². The largest absolute Gasteiger partial charge is 0.352 e. The molecule has 26 heavy (non-hydrogen) atoms. The molecule has 6 nitrogen and oxygen atoms in total. The number of rotatable bonds is 6. The standard InChI is InChI=1S/C18H21ClN4O2S/c19-15-8-4-1-5-12(15)10-20-16(24)9-14-11-26-18(22-14)23-17(25)21-13-6-2-3-7-13/h1,4-5,8,11,13H,2-3,6-7,9-10H2,(H,20,24)(H2,21,22,23,25). The van der Waals surface area contributed by atoms with E-state index in [1.54, 1.807) is 11.4 Å². The van der Waals surface area contributed by atoms with Crippen LogP contribution < -0.4 is 16.0 Å². The van der Waals surface area contributed by atoms with Crippen molar-refractivity contribution in [2.45, 2.75) is 44.7 Å². The molecule has 1 fully saturated rings. The first-order valence-corrected chi connectivity index (χ1v) is 9.88. The lowest BCUT2D eigenvalue weighted by Gasteiger charge is -2.11. The zero-order valence-corrected chi connectivity index (χ0v) is 15.8. The molecule has 1 saturated carbocycles. The van der Waals surface area contributed by atoms with Crippen LogP contribution in [0.25, 0.3) is 0 Å². The molecule has 1 aliphatic rings. The van der Waals surface area contributed by atoms with E-state index in [1.165, 1.54) is 11.3 Å². The number of nitrogens with one attached hydrogen (secondary N) is 3. The molecule has 8 heteroatoms. The van der Waals surface area contributed by atoms with Gasteiger partial charge in [-0.3, -0.25) is 10.1 Å². The van der Waals surface area contributed by atoms with E-state index in [1.807, 2.05) is 18.2 Å². The van der Waals surface area contributed by atoms with Gasteiger partial charge in [0.25, 0.3) is 0 Å². The van der Waals surface area contributed by atoms with Crippen LogP contribution in [0.1, 0.15) is 36.9 Å². The molecule has 1 heterocycles. The molecular weight excluding hydrogens is 372 g/mol. The number of carbonyl (C=O) groups excluding carboxylic acids is 2. The summed E-state index contributed by atoms with van der Waals surface area (Å²) < 4.78 is 0. The molecule has 0 aliphatic heterocycles. The molecule has 138 valence electrons. The van der Waals surface area contributed by atoms with E-state index in [-0.39, 0.29) is 24.4 Å². The number of thiazole rings is 1. The highest BCUT2D eigenvalue weighted by Crippen LogP contribution is 2.19. The van der Waals surface area contributed by atoms with E-state index < -0.39 is 0 Å². The van der Waals surface area contributed by atoms with Crippen LogP contribution in [0.5, 0.6) is 0 Å². The summed E-state index contributed by atoms with van der Waals surface area (Å²) >= 11 is 7.38. The first-order valence-electron chi connectivity index (χ1n) is 8.62. The van der Waals surface area contributed by atoms with Gasteiger partial charge in [0.15, 0.2) is 5.13 Å². The summed E-state index contributed by atoms with van der Waals surface area (Å²) in [6.45, 7) is 0.373. The third kappa shape index (κ3) is 5.44. The van der Waals surface area contributed by atoms with Crippen LogP contribution in [0.4, 0.5) is 9.93 Å². The van der Waals surface area contributed by atoms with Crippen LogP contribution in [0.15, 0.2) is 29.6 Å². The maximum Gasteiger partial charge on any atom is 0.321 e. The van der Waals surface area contributed by atoms with Crippen LogP contribution in [0, 0.1) is 0 Å². The molecule has 2 aromatic rings. The Balaban J connectivity index is 1.44. The van der Waals surface area contributed by atoms with E-state index >= 15 is 0 Å². The fourth-order valence-electron chi connectivity index (χ4n) is 2.90. The van der Waals surface area contributed by atoms with Crippen molar-refractivity contribution >= 4 is 40.0 Å². The van der Waals surface area contributed by atoms with Gasteiger partial charge in [0, 0.05) is 23.0 Å². The van der Waals surface area contributed by atoms with Gasteiger partial charge in [0.1, 0.15) is 0 Å². The lowest BCUT2D eigenvalue weighted by Crippen LogP contribution is -2.36. The molecule has 0 unspecified atom stereocenters. The van der Waals surface area contributed by atoms with Crippen molar-refractivity contribution < 1.29 is 9.59 Å². The van der Waals surface area contributed by atoms with Crippen LogP contribution in [0.3, 0.4) is 0 Å². The van der Waals surface area contributed by atoms with Crippen LogP contribution >= 0.6 is 22.9 Å². The number of aromatic nitrogens is 1. The van der Waals surface area contributed by atoms with Crippen molar-refractivity contribution in [2.75, 3.05) is 5.32 Å². The molecule has 0 atom stereocenters. The number of benzene rings is 1. The Bertz CT molecular complexity index is 774. The second-order valence-electron chi connectivity index (χ2n) is 6.27. The summed E-state index contributed by atoms with van der Waals surface area (Å²) in [4.78, 5) is 28.3. The van der Waals surface area contributed by atoms with Gasteiger partial charge in [-0.1, -0.05) is 42.6 Å². The number of carbonyl (C=O) groups is 2. The predicted molar refractivity (Wildman–Crippen MR) is 104 cm³/mol. The van der Waals surface area contributed by atoms with Crippen molar-refractivity contribution in [3.8, 4) is 0 Å². The van der Waals surface area contributed by atoms with E-state index in [2.05, 4.69) is 20.9 Å². The van der Waals surface area contributed by atoms with E-state index in [4.69, 9.17) is 11.6 Å². The predicted octanol–water partition coefficient (Wildman–Crippen LogP) is 3.72. The fourth-order valence-corrected chi connectivity index (χ4v) is 3.80.